The van der Waals surface area contributed by atoms with Crippen molar-refractivity contribution >= 4 is 29.0 Å². The van der Waals surface area contributed by atoms with Gasteiger partial charge in [-0.25, -0.2) is 4.98 Å². The van der Waals surface area contributed by atoms with Crippen molar-refractivity contribution < 1.29 is 4.79 Å². The van der Waals surface area contributed by atoms with Crippen molar-refractivity contribution in [2.45, 2.75) is 38.8 Å². The summed E-state index contributed by atoms with van der Waals surface area (Å²) in [7, 11) is 1.84. The van der Waals surface area contributed by atoms with Crippen molar-refractivity contribution in [1.29, 1.82) is 0 Å². The summed E-state index contributed by atoms with van der Waals surface area (Å²) < 4.78 is 3.38. The van der Waals surface area contributed by atoms with Crippen LogP contribution in [0.4, 0.5) is 5.69 Å². The third-order valence-corrected chi connectivity index (χ3v) is 6.57. The van der Waals surface area contributed by atoms with Gasteiger partial charge in [0.25, 0.3) is 5.56 Å². The molecule has 4 rings (SSSR count). The monoisotopic (exact) mass is 462 g/mol. The Balaban J connectivity index is 1.48. The summed E-state index contributed by atoms with van der Waals surface area (Å²) >= 11 is 1.31. The molecule has 0 bridgehead atoms. The summed E-state index contributed by atoms with van der Waals surface area (Å²) in [5.74, 6) is 0.750. The lowest BCUT2D eigenvalue weighted by Gasteiger charge is -2.10. The molecule has 0 aliphatic rings. The second kappa shape index (κ2) is 9.58. The average Bonchev–Trinajstić information content (AvgIpc) is 3.14. The molecule has 170 valence electrons. The van der Waals surface area contributed by atoms with Crippen LogP contribution in [0, 0.1) is 13.8 Å². The normalized spacial score (nSPS) is 11.2. The number of nitrogens with one attached hydrogen (secondary N) is 1. The number of carbonyl (C=O) groups is 1. The summed E-state index contributed by atoms with van der Waals surface area (Å²) in [6, 6.07) is 11.6. The maximum atomic E-state index is 13.0. The van der Waals surface area contributed by atoms with Crippen LogP contribution in [-0.2, 0) is 24.7 Å². The van der Waals surface area contributed by atoms with Crippen LogP contribution < -0.4 is 10.9 Å². The van der Waals surface area contributed by atoms with Gasteiger partial charge in [0.2, 0.25) is 5.91 Å². The van der Waals surface area contributed by atoms with Gasteiger partial charge in [0.15, 0.2) is 5.16 Å². The highest BCUT2D eigenvalue weighted by Crippen LogP contribution is 2.20. The molecule has 0 radical (unpaired) electrons. The summed E-state index contributed by atoms with van der Waals surface area (Å²) in [4.78, 5) is 30.1. The van der Waals surface area contributed by atoms with E-state index < -0.39 is 0 Å². The first-order valence-corrected chi connectivity index (χ1v) is 11.7. The highest BCUT2D eigenvalue weighted by Gasteiger charge is 2.17. The van der Waals surface area contributed by atoms with Crippen molar-refractivity contribution in [2.75, 3.05) is 11.1 Å². The van der Waals surface area contributed by atoms with Crippen LogP contribution in [-0.4, -0.2) is 35.8 Å². The van der Waals surface area contributed by atoms with E-state index in [1.165, 1.54) is 11.8 Å². The molecule has 0 saturated heterocycles. The van der Waals surface area contributed by atoms with Gasteiger partial charge in [-0.2, -0.15) is 0 Å². The smallest absolute Gasteiger partial charge is 0.261 e. The van der Waals surface area contributed by atoms with Crippen molar-refractivity contribution in [1.82, 2.24) is 24.1 Å². The van der Waals surface area contributed by atoms with Crippen molar-refractivity contribution in [3.8, 4) is 0 Å². The van der Waals surface area contributed by atoms with E-state index in [0.717, 1.165) is 23.2 Å². The molecule has 0 spiro atoms. The molecule has 0 fully saturated rings. The molecule has 0 aliphatic carbocycles. The van der Waals surface area contributed by atoms with Gasteiger partial charge < -0.3 is 9.88 Å². The Labute approximate surface area is 196 Å². The number of para-hydroxylation sites is 1. The number of hydrogen-bond acceptors (Lipinski definition) is 6. The Morgan fingerprint density at radius 2 is 1.94 bits per heavy atom. The minimum absolute atomic E-state index is 0.103. The minimum Gasteiger partial charge on any atom is -0.325 e. The maximum Gasteiger partial charge on any atom is 0.261 e. The van der Waals surface area contributed by atoms with Crippen LogP contribution in [0.25, 0.3) is 5.65 Å². The Hall–Kier alpha value is -3.46. The Morgan fingerprint density at radius 1 is 1.15 bits per heavy atom. The molecule has 1 amide bonds. The van der Waals surface area contributed by atoms with Gasteiger partial charge in [-0.1, -0.05) is 36.9 Å². The number of anilines is 1. The lowest BCUT2D eigenvalue weighted by atomic mass is 10.1. The summed E-state index contributed by atoms with van der Waals surface area (Å²) in [6.07, 6.45) is 2.91. The van der Waals surface area contributed by atoms with Gasteiger partial charge in [0.1, 0.15) is 11.5 Å². The number of thioether (sulfide) groups is 1. The molecule has 0 atom stereocenters. The number of carbonyl (C=O) groups excluding carboxylic acids is 1. The number of aromatic nitrogens is 5. The molecule has 3 heterocycles. The fourth-order valence-corrected chi connectivity index (χ4v) is 4.37. The predicted molar refractivity (Wildman–Crippen MR) is 130 cm³/mol. The largest absolute Gasteiger partial charge is 0.325 e. The highest BCUT2D eigenvalue weighted by atomic mass is 32.2. The van der Waals surface area contributed by atoms with E-state index in [1.807, 2.05) is 61.9 Å². The molecular weight excluding hydrogens is 436 g/mol. The third-order valence-electron chi connectivity index (χ3n) is 5.55. The lowest BCUT2D eigenvalue weighted by molar-refractivity contribution is -0.113. The first-order chi connectivity index (χ1) is 15.9. The summed E-state index contributed by atoms with van der Waals surface area (Å²) in [6.45, 7) is 5.86. The van der Waals surface area contributed by atoms with Gasteiger partial charge in [-0.05, 0) is 49.6 Å². The van der Waals surface area contributed by atoms with Crippen LogP contribution in [0.5, 0.6) is 0 Å². The number of fused-ring (bicyclic) bond motifs is 1. The zero-order valence-corrected chi connectivity index (χ0v) is 19.9. The van der Waals surface area contributed by atoms with E-state index in [0.29, 0.717) is 34.3 Å². The molecule has 0 saturated carbocycles. The van der Waals surface area contributed by atoms with Crippen molar-refractivity contribution in [3.63, 3.8) is 0 Å². The Bertz CT molecular complexity index is 1390. The summed E-state index contributed by atoms with van der Waals surface area (Å²) in [5, 5.41) is 12.1. The fraction of sp³-hybridized carbons (Fsp3) is 0.292. The third kappa shape index (κ3) is 4.83. The molecule has 4 aromatic rings. The molecule has 1 N–H and O–H groups in total. The van der Waals surface area contributed by atoms with Gasteiger partial charge >= 0.3 is 0 Å². The zero-order chi connectivity index (χ0) is 23.5. The predicted octanol–water partition coefficient (Wildman–Crippen LogP) is 3.32. The van der Waals surface area contributed by atoms with E-state index >= 15 is 0 Å². The number of rotatable bonds is 7. The lowest BCUT2D eigenvalue weighted by Crippen LogP contribution is -2.22. The van der Waals surface area contributed by atoms with Crippen LogP contribution in [0.15, 0.2) is 52.5 Å². The number of nitrogens with zero attached hydrogens (tertiary/aromatic N) is 5. The Kier molecular flexibility index (Phi) is 6.60. The molecule has 0 unspecified atom stereocenters. The first-order valence-electron chi connectivity index (χ1n) is 10.7. The fourth-order valence-electron chi connectivity index (χ4n) is 3.64. The highest BCUT2D eigenvalue weighted by molar-refractivity contribution is 7.99. The minimum atomic E-state index is -0.108. The second-order valence-electron chi connectivity index (χ2n) is 7.90. The molecule has 3 aromatic heterocycles. The number of pyridine rings is 1. The summed E-state index contributed by atoms with van der Waals surface area (Å²) in [5.41, 5.74) is 4.76. The van der Waals surface area contributed by atoms with Crippen LogP contribution in [0.2, 0.25) is 0 Å². The van der Waals surface area contributed by atoms with Crippen LogP contribution >= 0.6 is 11.8 Å². The van der Waals surface area contributed by atoms with Gasteiger partial charge in [0, 0.05) is 36.6 Å². The topological polar surface area (TPSA) is 94.2 Å². The molecular formula is C24H26N6O2S. The van der Waals surface area contributed by atoms with Crippen LogP contribution in [0.3, 0.4) is 0 Å². The number of benzene rings is 1. The quantitative estimate of drug-likeness (QED) is 0.424. The van der Waals surface area contributed by atoms with Crippen molar-refractivity contribution in [2.24, 2.45) is 7.05 Å². The van der Waals surface area contributed by atoms with Crippen LogP contribution in [0.1, 0.15) is 35.1 Å². The number of amides is 1. The zero-order valence-electron chi connectivity index (χ0n) is 19.1. The molecule has 8 nitrogen and oxygen atoms in total. The second-order valence-corrected chi connectivity index (χ2v) is 8.84. The van der Waals surface area contributed by atoms with E-state index in [4.69, 9.17) is 0 Å². The maximum absolute atomic E-state index is 13.0. The molecule has 1 aromatic carbocycles. The van der Waals surface area contributed by atoms with E-state index in [9.17, 15) is 9.59 Å². The van der Waals surface area contributed by atoms with E-state index in [1.54, 1.807) is 10.6 Å². The average molecular weight is 463 g/mol. The number of aryl methyl sites for hydroxylation is 3. The first kappa shape index (κ1) is 22.7. The molecule has 33 heavy (non-hydrogen) atoms. The van der Waals surface area contributed by atoms with Gasteiger partial charge in [-0.3, -0.25) is 14.0 Å². The molecule has 9 heteroatoms. The standard InChI is InChI=1S/C24H26N6O2S/c1-5-17-8-6-7-9-19(17)26-22(31)14-33-24-28-27-21(29(24)4)13-18-16(3)25-20-12-15(2)10-11-30(20)23(18)32/h6-12H,5,13-14H2,1-4H3,(H,26,31). The van der Waals surface area contributed by atoms with E-state index in [-0.39, 0.29) is 17.2 Å². The number of hydrogen-bond donors (Lipinski definition) is 1. The molecule has 0 aliphatic heterocycles. The van der Waals surface area contributed by atoms with Crippen molar-refractivity contribution in [3.05, 3.63) is 81.2 Å². The SMILES string of the molecule is CCc1ccccc1NC(=O)CSc1nnc(Cc2c(C)nc3cc(C)ccn3c2=O)n1C. The van der Waals surface area contributed by atoms with E-state index in [2.05, 4.69) is 27.4 Å². The Morgan fingerprint density at radius 3 is 2.73 bits per heavy atom. The van der Waals surface area contributed by atoms with Gasteiger partial charge in [0.05, 0.1) is 5.75 Å². The van der Waals surface area contributed by atoms with Gasteiger partial charge in [-0.15, -0.1) is 10.2 Å².